The van der Waals surface area contributed by atoms with Gasteiger partial charge in [-0.3, -0.25) is 14.7 Å². The SMILES string of the molecule is CN1CCCC(CNC(=O)c2ccc(-n3[nH]cc(-c4ccc(C#N)cc4)c3=O)nc2)C1. The number of hydrogen-bond donors (Lipinski definition) is 2. The van der Waals surface area contributed by atoms with E-state index < -0.39 is 0 Å². The zero-order valence-corrected chi connectivity index (χ0v) is 17.3. The van der Waals surface area contributed by atoms with E-state index in [2.05, 4.69) is 33.4 Å². The lowest BCUT2D eigenvalue weighted by Gasteiger charge is -2.29. The summed E-state index contributed by atoms with van der Waals surface area (Å²) in [5.74, 6) is 0.702. The smallest absolute Gasteiger partial charge is 0.280 e. The van der Waals surface area contributed by atoms with Gasteiger partial charge in [0.1, 0.15) is 0 Å². The van der Waals surface area contributed by atoms with Crippen LogP contribution in [-0.2, 0) is 0 Å². The summed E-state index contributed by atoms with van der Waals surface area (Å²) in [6.45, 7) is 2.75. The Bertz CT molecular complexity index is 1150. The lowest BCUT2D eigenvalue weighted by molar-refractivity contribution is 0.0936. The van der Waals surface area contributed by atoms with Crippen molar-refractivity contribution in [2.45, 2.75) is 12.8 Å². The number of carbonyl (C=O) groups excluding carboxylic acids is 1. The van der Waals surface area contributed by atoms with Crippen LogP contribution in [0.25, 0.3) is 16.9 Å². The zero-order valence-electron chi connectivity index (χ0n) is 17.3. The Kier molecular flexibility index (Phi) is 5.96. The van der Waals surface area contributed by atoms with Crippen molar-refractivity contribution in [3.05, 3.63) is 70.3 Å². The molecule has 4 rings (SSSR count). The molecule has 2 aromatic heterocycles. The van der Waals surface area contributed by atoms with Gasteiger partial charge in [-0.15, -0.1) is 0 Å². The molecule has 1 aliphatic rings. The molecule has 158 valence electrons. The molecule has 1 amide bonds. The van der Waals surface area contributed by atoms with Gasteiger partial charge in [-0.25, -0.2) is 9.67 Å². The largest absolute Gasteiger partial charge is 0.352 e. The summed E-state index contributed by atoms with van der Waals surface area (Å²) < 4.78 is 1.33. The van der Waals surface area contributed by atoms with E-state index in [-0.39, 0.29) is 11.5 Å². The highest BCUT2D eigenvalue weighted by atomic mass is 16.1. The Morgan fingerprint density at radius 1 is 1.29 bits per heavy atom. The van der Waals surface area contributed by atoms with Crippen molar-refractivity contribution in [3.63, 3.8) is 0 Å². The van der Waals surface area contributed by atoms with Crippen LogP contribution in [0, 0.1) is 17.2 Å². The van der Waals surface area contributed by atoms with Gasteiger partial charge < -0.3 is 10.2 Å². The molecule has 0 bridgehead atoms. The highest BCUT2D eigenvalue weighted by molar-refractivity contribution is 5.93. The normalized spacial score (nSPS) is 16.6. The quantitative estimate of drug-likeness (QED) is 0.663. The number of carbonyl (C=O) groups is 1. The van der Waals surface area contributed by atoms with Gasteiger partial charge in [-0.2, -0.15) is 5.26 Å². The number of amides is 1. The minimum absolute atomic E-state index is 0.163. The fraction of sp³-hybridized carbons (Fsp3) is 0.304. The van der Waals surface area contributed by atoms with E-state index in [1.165, 1.54) is 10.9 Å². The van der Waals surface area contributed by atoms with Gasteiger partial charge in [0, 0.05) is 25.5 Å². The van der Waals surface area contributed by atoms with Crippen LogP contribution in [-0.4, -0.2) is 52.3 Å². The van der Waals surface area contributed by atoms with Gasteiger partial charge in [-0.05, 0) is 62.2 Å². The second-order valence-corrected chi connectivity index (χ2v) is 7.90. The van der Waals surface area contributed by atoms with Crippen molar-refractivity contribution in [2.24, 2.45) is 5.92 Å². The summed E-state index contributed by atoms with van der Waals surface area (Å²) in [5, 5.41) is 14.8. The number of hydrogen-bond acceptors (Lipinski definition) is 5. The van der Waals surface area contributed by atoms with Crippen molar-refractivity contribution in [1.82, 2.24) is 25.0 Å². The number of H-pyrrole nitrogens is 1. The van der Waals surface area contributed by atoms with Crippen LogP contribution < -0.4 is 10.9 Å². The van der Waals surface area contributed by atoms with Gasteiger partial charge in [0.2, 0.25) is 0 Å². The molecule has 8 nitrogen and oxygen atoms in total. The first-order valence-corrected chi connectivity index (χ1v) is 10.3. The predicted octanol–water partition coefficient (Wildman–Crippen LogP) is 2.17. The summed E-state index contributed by atoms with van der Waals surface area (Å²) in [6.07, 6.45) is 5.36. The van der Waals surface area contributed by atoms with Crippen molar-refractivity contribution in [2.75, 3.05) is 26.7 Å². The zero-order chi connectivity index (χ0) is 21.8. The minimum atomic E-state index is -0.254. The van der Waals surface area contributed by atoms with E-state index in [9.17, 15) is 9.59 Å². The first-order chi connectivity index (χ1) is 15.0. The Morgan fingerprint density at radius 2 is 2.10 bits per heavy atom. The maximum Gasteiger partial charge on any atom is 0.280 e. The molecule has 3 heterocycles. The van der Waals surface area contributed by atoms with E-state index in [1.807, 2.05) is 0 Å². The van der Waals surface area contributed by atoms with Gasteiger partial charge in [0.25, 0.3) is 11.5 Å². The molecule has 1 aliphatic heterocycles. The number of nitrogens with zero attached hydrogens (tertiary/aromatic N) is 4. The number of likely N-dealkylation sites (tertiary alicyclic amines) is 1. The minimum Gasteiger partial charge on any atom is -0.352 e. The number of aromatic amines is 1. The highest BCUT2D eigenvalue weighted by Gasteiger charge is 2.18. The molecular formula is C23H24N6O2. The molecule has 0 saturated carbocycles. The Balaban J connectivity index is 1.44. The lowest BCUT2D eigenvalue weighted by atomic mass is 9.98. The van der Waals surface area contributed by atoms with E-state index in [4.69, 9.17) is 5.26 Å². The van der Waals surface area contributed by atoms with Crippen molar-refractivity contribution >= 4 is 5.91 Å². The number of aromatic nitrogens is 3. The fourth-order valence-corrected chi connectivity index (χ4v) is 3.90. The molecular weight excluding hydrogens is 392 g/mol. The molecule has 0 aliphatic carbocycles. The number of piperidine rings is 1. The second-order valence-electron chi connectivity index (χ2n) is 7.90. The van der Waals surface area contributed by atoms with Crippen LogP contribution in [0.5, 0.6) is 0 Å². The number of nitrogens with one attached hydrogen (secondary N) is 2. The summed E-state index contributed by atoms with van der Waals surface area (Å²) in [5.41, 5.74) is 1.93. The second kappa shape index (κ2) is 8.98. The van der Waals surface area contributed by atoms with Crippen LogP contribution in [0.15, 0.2) is 53.6 Å². The molecule has 8 heteroatoms. The molecule has 1 unspecified atom stereocenters. The van der Waals surface area contributed by atoms with Gasteiger partial charge >= 0.3 is 0 Å². The van der Waals surface area contributed by atoms with Crippen LogP contribution in [0.2, 0.25) is 0 Å². The average molecular weight is 416 g/mol. The third-order valence-corrected chi connectivity index (χ3v) is 5.61. The first kappa shape index (κ1) is 20.6. The van der Waals surface area contributed by atoms with Crippen LogP contribution in [0.4, 0.5) is 0 Å². The Hall–Kier alpha value is -3.70. The van der Waals surface area contributed by atoms with Crippen LogP contribution in [0.3, 0.4) is 0 Å². The number of rotatable bonds is 5. The van der Waals surface area contributed by atoms with Crippen molar-refractivity contribution in [3.8, 4) is 23.0 Å². The van der Waals surface area contributed by atoms with Crippen molar-refractivity contribution in [1.29, 1.82) is 5.26 Å². The fourth-order valence-electron chi connectivity index (χ4n) is 3.90. The maximum absolute atomic E-state index is 12.8. The standard InChI is InChI=1S/C23H24N6O2/c1-28-10-2-3-17(15-28)12-26-22(30)19-8-9-21(25-13-19)29-23(31)20(14-27-29)18-6-4-16(11-24)5-7-18/h4-9,13-14,17,27H,2-3,10,12,15H2,1H3,(H,26,30). The Labute approximate surface area is 180 Å². The summed E-state index contributed by atoms with van der Waals surface area (Å²) >= 11 is 0. The van der Waals surface area contributed by atoms with Gasteiger partial charge in [-0.1, -0.05) is 12.1 Å². The highest BCUT2D eigenvalue weighted by Crippen LogP contribution is 2.17. The van der Waals surface area contributed by atoms with Gasteiger partial charge in [0.15, 0.2) is 5.82 Å². The molecule has 2 N–H and O–H groups in total. The first-order valence-electron chi connectivity index (χ1n) is 10.3. The van der Waals surface area contributed by atoms with E-state index in [0.29, 0.717) is 40.5 Å². The molecule has 1 saturated heterocycles. The number of pyridine rings is 1. The molecule has 31 heavy (non-hydrogen) atoms. The van der Waals surface area contributed by atoms with Crippen molar-refractivity contribution < 1.29 is 4.79 Å². The molecule has 3 aromatic rings. The summed E-state index contributed by atoms with van der Waals surface area (Å²) in [7, 11) is 2.10. The number of nitriles is 1. The van der Waals surface area contributed by atoms with Gasteiger partial charge in [0.05, 0.1) is 22.8 Å². The topological polar surface area (TPSA) is 107 Å². The van der Waals surface area contributed by atoms with E-state index in [1.54, 1.807) is 42.6 Å². The predicted molar refractivity (Wildman–Crippen MR) is 117 cm³/mol. The lowest BCUT2D eigenvalue weighted by Crippen LogP contribution is -2.39. The molecule has 1 atom stereocenters. The van der Waals surface area contributed by atoms with Crippen LogP contribution >= 0.6 is 0 Å². The molecule has 1 fully saturated rings. The summed E-state index contributed by atoms with van der Waals surface area (Å²) in [6, 6.07) is 12.2. The third-order valence-electron chi connectivity index (χ3n) is 5.61. The maximum atomic E-state index is 12.8. The molecule has 0 spiro atoms. The number of benzene rings is 1. The monoisotopic (exact) mass is 416 g/mol. The molecule has 0 radical (unpaired) electrons. The van der Waals surface area contributed by atoms with E-state index >= 15 is 0 Å². The average Bonchev–Trinajstić information content (AvgIpc) is 3.19. The Morgan fingerprint density at radius 3 is 2.77 bits per heavy atom. The third kappa shape index (κ3) is 4.57. The van der Waals surface area contributed by atoms with Crippen LogP contribution in [0.1, 0.15) is 28.8 Å². The molecule has 1 aromatic carbocycles. The summed E-state index contributed by atoms with van der Waals surface area (Å²) in [4.78, 5) is 31.8. The van der Waals surface area contributed by atoms with E-state index in [0.717, 1.165) is 25.9 Å².